The van der Waals surface area contributed by atoms with E-state index in [9.17, 15) is 9.50 Å². The molecule has 1 saturated heterocycles. The third kappa shape index (κ3) is 4.39. The van der Waals surface area contributed by atoms with Crippen molar-refractivity contribution in [3.63, 3.8) is 0 Å². The quantitative estimate of drug-likeness (QED) is 0.603. The molecule has 4 rings (SSSR count). The zero-order valence-electron chi connectivity index (χ0n) is 16.3. The van der Waals surface area contributed by atoms with Gasteiger partial charge in [-0.05, 0) is 42.3 Å². The largest absolute Gasteiger partial charge is 0.508 e. The van der Waals surface area contributed by atoms with E-state index in [2.05, 4.69) is 41.0 Å². The Morgan fingerprint density at radius 3 is 2.41 bits per heavy atom. The molecule has 1 aliphatic heterocycles. The SMILES string of the molecule is CC1CN(c2ccc(O)cc2Cl)C(c2ccc(F)cc2)CN1Cc1ccccc1. The zero-order chi connectivity index (χ0) is 20.4. The molecule has 2 atom stereocenters. The van der Waals surface area contributed by atoms with E-state index in [0.717, 1.165) is 30.9 Å². The Balaban J connectivity index is 1.68. The zero-order valence-corrected chi connectivity index (χ0v) is 17.1. The van der Waals surface area contributed by atoms with Gasteiger partial charge in [-0.1, -0.05) is 54.1 Å². The van der Waals surface area contributed by atoms with Crippen molar-refractivity contribution in [3.8, 4) is 5.75 Å². The number of rotatable bonds is 4. The van der Waals surface area contributed by atoms with Crippen LogP contribution in [0.3, 0.4) is 0 Å². The summed E-state index contributed by atoms with van der Waals surface area (Å²) in [6, 6.07) is 22.5. The summed E-state index contributed by atoms with van der Waals surface area (Å²) in [5.74, 6) is -0.0962. The highest BCUT2D eigenvalue weighted by Crippen LogP contribution is 2.38. The topological polar surface area (TPSA) is 26.7 Å². The fraction of sp³-hybridized carbons (Fsp3) is 0.250. The molecule has 1 heterocycles. The first-order valence-corrected chi connectivity index (χ1v) is 10.2. The van der Waals surface area contributed by atoms with Crippen LogP contribution in [0.4, 0.5) is 10.1 Å². The molecule has 1 fully saturated rings. The van der Waals surface area contributed by atoms with Gasteiger partial charge in [-0.25, -0.2) is 4.39 Å². The number of aromatic hydroxyl groups is 1. The summed E-state index contributed by atoms with van der Waals surface area (Å²) in [4.78, 5) is 4.72. The van der Waals surface area contributed by atoms with Gasteiger partial charge < -0.3 is 10.0 Å². The minimum absolute atomic E-state index is 0.0255. The molecule has 29 heavy (non-hydrogen) atoms. The number of hydrogen-bond donors (Lipinski definition) is 1. The maximum absolute atomic E-state index is 13.5. The van der Waals surface area contributed by atoms with E-state index in [0.29, 0.717) is 11.1 Å². The third-order valence-corrected chi connectivity index (χ3v) is 5.89. The Kier molecular flexibility index (Phi) is 5.74. The third-order valence-electron chi connectivity index (χ3n) is 5.59. The molecular weight excluding hydrogens is 387 g/mol. The molecule has 3 aromatic rings. The van der Waals surface area contributed by atoms with E-state index < -0.39 is 0 Å². The van der Waals surface area contributed by atoms with E-state index in [1.165, 1.54) is 17.7 Å². The van der Waals surface area contributed by atoms with Gasteiger partial charge in [0.1, 0.15) is 11.6 Å². The lowest BCUT2D eigenvalue weighted by atomic mass is 9.98. The fourth-order valence-electron chi connectivity index (χ4n) is 4.03. The first-order chi connectivity index (χ1) is 14.0. The monoisotopic (exact) mass is 410 g/mol. The second kappa shape index (κ2) is 8.44. The number of piperazine rings is 1. The number of nitrogens with zero attached hydrogens (tertiary/aromatic N) is 2. The van der Waals surface area contributed by atoms with Gasteiger partial charge in [0.2, 0.25) is 0 Å². The van der Waals surface area contributed by atoms with Crippen LogP contribution in [0.2, 0.25) is 5.02 Å². The van der Waals surface area contributed by atoms with Crippen molar-refractivity contribution < 1.29 is 9.50 Å². The summed E-state index contributed by atoms with van der Waals surface area (Å²) in [6.07, 6.45) is 0. The van der Waals surface area contributed by atoms with Crippen LogP contribution in [0.25, 0.3) is 0 Å². The number of phenols is 1. The smallest absolute Gasteiger partial charge is 0.123 e. The van der Waals surface area contributed by atoms with Crippen molar-refractivity contribution in [2.75, 3.05) is 18.0 Å². The fourth-order valence-corrected chi connectivity index (χ4v) is 4.31. The molecule has 5 heteroatoms. The van der Waals surface area contributed by atoms with Crippen molar-refractivity contribution in [1.82, 2.24) is 4.90 Å². The van der Waals surface area contributed by atoms with Crippen LogP contribution in [0.15, 0.2) is 72.8 Å². The van der Waals surface area contributed by atoms with E-state index >= 15 is 0 Å². The lowest BCUT2D eigenvalue weighted by Crippen LogP contribution is -2.53. The number of anilines is 1. The maximum Gasteiger partial charge on any atom is 0.123 e. The first-order valence-electron chi connectivity index (χ1n) is 9.80. The minimum Gasteiger partial charge on any atom is -0.508 e. The van der Waals surface area contributed by atoms with Crippen LogP contribution >= 0.6 is 11.6 Å². The molecule has 0 bridgehead atoms. The van der Waals surface area contributed by atoms with Crippen LogP contribution in [0.1, 0.15) is 24.1 Å². The van der Waals surface area contributed by atoms with Crippen LogP contribution in [-0.2, 0) is 6.54 Å². The maximum atomic E-state index is 13.5. The average molecular weight is 411 g/mol. The van der Waals surface area contributed by atoms with Gasteiger partial charge in [0.25, 0.3) is 0 Å². The molecule has 1 N–H and O–H groups in total. The van der Waals surface area contributed by atoms with E-state index in [-0.39, 0.29) is 17.6 Å². The van der Waals surface area contributed by atoms with E-state index in [1.54, 1.807) is 12.1 Å². The first kappa shape index (κ1) is 19.7. The normalized spacial score (nSPS) is 20.0. The van der Waals surface area contributed by atoms with Crippen molar-refractivity contribution >= 4 is 17.3 Å². The lowest BCUT2D eigenvalue weighted by Gasteiger charge is -2.47. The minimum atomic E-state index is -0.242. The molecule has 0 aromatic heterocycles. The van der Waals surface area contributed by atoms with Gasteiger partial charge in [0.05, 0.1) is 16.8 Å². The Morgan fingerprint density at radius 1 is 1.00 bits per heavy atom. The Morgan fingerprint density at radius 2 is 1.72 bits per heavy atom. The number of hydrogen-bond acceptors (Lipinski definition) is 3. The highest BCUT2D eigenvalue weighted by atomic mass is 35.5. The van der Waals surface area contributed by atoms with Crippen LogP contribution in [0.5, 0.6) is 5.75 Å². The summed E-state index contributed by atoms with van der Waals surface area (Å²) in [5.41, 5.74) is 3.19. The van der Waals surface area contributed by atoms with Gasteiger partial charge >= 0.3 is 0 Å². The van der Waals surface area contributed by atoms with Crippen molar-refractivity contribution in [2.24, 2.45) is 0 Å². The number of phenolic OH excluding ortho intramolecular Hbond substituents is 1. The summed E-state index contributed by atoms with van der Waals surface area (Å²) in [6.45, 7) is 4.64. The van der Waals surface area contributed by atoms with Crippen molar-refractivity contribution in [3.05, 3.63) is 94.8 Å². The van der Waals surface area contributed by atoms with Crippen LogP contribution in [-0.4, -0.2) is 29.1 Å². The Labute approximate surface area is 176 Å². The van der Waals surface area contributed by atoms with Gasteiger partial charge in [-0.3, -0.25) is 4.90 Å². The van der Waals surface area contributed by atoms with Gasteiger partial charge in [0.15, 0.2) is 0 Å². The molecule has 2 unspecified atom stereocenters. The second-order valence-electron chi connectivity index (χ2n) is 7.62. The molecule has 3 aromatic carbocycles. The van der Waals surface area contributed by atoms with Gasteiger partial charge in [-0.15, -0.1) is 0 Å². The summed E-state index contributed by atoms with van der Waals surface area (Å²) >= 11 is 6.48. The lowest BCUT2D eigenvalue weighted by molar-refractivity contribution is 0.153. The van der Waals surface area contributed by atoms with Crippen molar-refractivity contribution in [1.29, 1.82) is 0 Å². The predicted molar refractivity (Wildman–Crippen MR) is 116 cm³/mol. The van der Waals surface area contributed by atoms with Crippen molar-refractivity contribution in [2.45, 2.75) is 25.6 Å². The highest BCUT2D eigenvalue weighted by molar-refractivity contribution is 6.33. The second-order valence-corrected chi connectivity index (χ2v) is 8.03. The van der Waals surface area contributed by atoms with Gasteiger partial charge in [0, 0.05) is 31.7 Å². The number of halogens is 2. The van der Waals surface area contributed by atoms with E-state index in [1.807, 2.05) is 24.3 Å². The van der Waals surface area contributed by atoms with Crippen LogP contribution in [0, 0.1) is 5.82 Å². The molecule has 150 valence electrons. The molecule has 1 aliphatic rings. The Bertz CT molecular complexity index is 964. The molecule has 0 spiro atoms. The van der Waals surface area contributed by atoms with E-state index in [4.69, 9.17) is 11.6 Å². The number of benzene rings is 3. The standard InChI is InChI=1S/C24H24ClFN2O/c1-17-14-28(23-12-11-21(29)13-22(23)25)24(19-7-9-20(26)10-8-19)16-27(17)15-18-5-3-2-4-6-18/h2-13,17,24,29H,14-16H2,1H3. The van der Waals surface area contributed by atoms with Crippen LogP contribution < -0.4 is 4.90 Å². The summed E-state index contributed by atoms with van der Waals surface area (Å²) in [5, 5.41) is 10.3. The summed E-state index contributed by atoms with van der Waals surface area (Å²) in [7, 11) is 0. The Hall–Kier alpha value is -2.56. The molecule has 0 aliphatic carbocycles. The average Bonchev–Trinajstić information content (AvgIpc) is 2.71. The molecule has 3 nitrogen and oxygen atoms in total. The molecule has 0 amide bonds. The molecule has 0 saturated carbocycles. The molecular formula is C24H24ClFN2O. The van der Waals surface area contributed by atoms with Gasteiger partial charge in [-0.2, -0.15) is 0 Å². The predicted octanol–water partition coefficient (Wildman–Crippen LogP) is 5.64. The summed E-state index contributed by atoms with van der Waals surface area (Å²) < 4.78 is 13.5. The highest BCUT2D eigenvalue weighted by Gasteiger charge is 2.33. The molecule has 0 radical (unpaired) electrons.